The molecule has 1 atom stereocenters. The number of rotatable bonds is 7. The molecule has 1 aromatic rings. The highest BCUT2D eigenvalue weighted by Gasteiger charge is 2.32. The number of aryl methyl sites for hydroxylation is 1. The van der Waals surface area contributed by atoms with Crippen LogP contribution in [0.4, 0.5) is 11.8 Å². The molecule has 0 bridgehead atoms. The van der Waals surface area contributed by atoms with Crippen LogP contribution in [0.5, 0.6) is 0 Å². The van der Waals surface area contributed by atoms with Gasteiger partial charge in [0.25, 0.3) is 0 Å². The van der Waals surface area contributed by atoms with Crippen LogP contribution in [0.2, 0.25) is 0 Å². The minimum atomic E-state index is 0.0990. The number of likely N-dealkylation sites (tertiary alicyclic amines) is 1. The lowest BCUT2D eigenvalue weighted by molar-refractivity contribution is -0.127. The number of nitrogens with one attached hydrogen (secondary N) is 2. The third-order valence-electron chi connectivity index (χ3n) is 5.79. The van der Waals surface area contributed by atoms with E-state index in [0.717, 1.165) is 69.3 Å². The number of ether oxygens (including phenoxy) is 1. The Hall–Kier alpha value is -1.93. The molecule has 8 heteroatoms. The quantitative estimate of drug-likeness (QED) is 0.679. The van der Waals surface area contributed by atoms with Crippen molar-refractivity contribution in [3.8, 4) is 0 Å². The Balaban J connectivity index is 1.51. The van der Waals surface area contributed by atoms with Gasteiger partial charge in [0.15, 0.2) is 0 Å². The number of methoxy groups -OCH3 is 1. The first-order valence-corrected chi connectivity index (χ1v) is 10.4. The van der Waals surface area contributed by atoms with Crippen molar-refractivity contribution in [3.05, 3.63) is 11.8 Å². The smallest absolute Gasteiger partial charge is 0.227 e. The monoisotopic (exact) mass is 390 g/mol. The first-order chi connectivity index (χ1) is 13.6. The van der Waals surface area contributed by atoms with Crippen LogP contribution in [0, 0.1) is 12.8 Å². The van der Waals surface area contributed by atoms with E-state index in [-0.39, 0.29) is 11.8 Å². The SMILES string of the molecule is CNc1cc(C)nc(N2CCC(N3CCCC(C(=O)NCCOC)C3)CC2)n1. The fourth-order valence-corrected chi connectivity index (χ4v) is 4.23. The summed E-state index contributed by atoms with van der Waals surface area (Å²) in [6.45, 7) is 7.04. The maximum Gasteiger partial charge on any atom is 0.227 e. The average molecular weight is 391 g/mol. The van der Waals surface area contributed by atoms with Gasteiger partial charge in [0.1, 0.15) is 5.82 Å². The van der Waals surface area contributed by atoms with Crippen molar-refractivity contribution >= 4 is 17.7 Å². The van der Waals surface area contributed by atoms with E-state index in [2.05, 4.69) is 30.4 Å². The van der Waals surface area contributed by atoms with Crippen LogP contribution in [-0.4, -0.2) is 80.3 Å². The third-order valence-corrected chi connectivity index (χ3v) is 5.79. The molecule has 8 nitrogen and oxygen atoms in total. The number of nitrogens with zero attached hydrogens (tertiary/aromatic N) is 4. The molecule has 2 saturated heterocycles. The van der Waals surface area contributed by atoms with Gasteiger partial charge >= 0.3 is 0 Å². The van der Waals surface area contributed by atoms with Gasteiger partial charge in [0.05, 0.1) is 12.5 Å². The van der Waals surface area contributed by atoms with Gasteiger partial charge in [-0.1, -0.05) is 0 Å². The average Bonchev–Trinajstić information content (AvgIpc) is 2.73. The van der Waals surface area contributed by atoms with E-state index >= 15 is 0 Å². The summed E-state index contributed by atoms with van der Waals surface area (Å²) >= 11 is 0. The first kappa shape index (κ1) is 20.8. The van der Waals surface area contributed by atoms with Gasteiger partial charge in [-0.3, -0.25) is 9.69 Å². The lowest BCUT2D eigenvalue weighted by Gasteiger charge is -2.42. The van der Waals surface area contributed by atoms with Gasteiger partial charge in [-0.15, -0.1) is 0 Å². The van der Waals surface area contributed by atoms with Gasteiger partial charge in [-0.2, -0.15) is 4.98 Å². The zero-order chi connectivity index (χ0) is 19.9. The lowest BCUT2D eigenvalue weighted by atomic mass is 9.93. The second kappa shape index (κ2) is 10.0. The van der Waals surface area contributed by atoms with Crippen molar-refractivity contribution in [1.29, 1.82) is 0 Å². The highest BCUT2D eigenvalue weighted by atomic mass is 16.5. The topological polar surface area (TPSA) is 82.6 Å². The van der Waals surface area contributed by atoms with Crippen LogP contribution in [0.1, 0.15) is 31.4 Å². The molecule has 28 heavy (non-hydrogen) atoms. The Bertz CT molecular complexity index is 648. The zero-order valence-electron chi connectivity index (χ0n) is 17.4. The normalized spacial score (nSPS) is 21.5. The van der Waals surface area contributed by atoms with Crippen LogP contribution in [0.15, 0.2) is 6.07 Å². The van der Waals surface area contributed by atoms with Crippen molar-refractivity contribution in [2.45, 2.75) is 38.6 Å². The van der Waals surface area contributed by atoms with Crippen LogP contribution in [-0.2, 0) is 9.53 Å². The van der Waals surface area contributed by atoms with E-state index in [4.69, 9.17) is 4.74 Å². The Kier molecular flexibility index (Phi) is 7.44. The molecule has 1 unspecified atom stereocenters. The molecule has 1 amide bonds. The van der Waals surface area contributed by atoms with Crippen molar-refractivity contribution in [2.75, 3.05) is 63.7 Å². The van der Waals surface area contributed by atoms with Crippen LogP contribution < -0.4 is 15.5 Å². The Labute approximate surface area is 168 Å². The summed E-state index contributed by atoms with van der Waals surface area (Å²) in [4.78, 5) is 26.4. The molecular weight excluding hydrogens is 356 g/mol. The molecule has 156 valence electrons. The number of carbonyl (C=O) groups excluding carboxylic acids is 1. The molecule has 0 radical (unpaired) electrons. The summed E-state index contributed by atoms with van der Waals surface area (Å²) in [5.74, 6) is 1.95. The molecule has 3 heterocycles. The first-order valence-electron chi connectivity index (χ1n) is 10.4. The Morgan fingerprint density at radius 1 is 1.25 bits per heavy atom. The van der Waals surface area contributed by atoms with Crippen molar-refractivity contribution in [1.82, 2.24) is 20.2 Å². The molecule has 2 aliphatic rings. The minimum Gasteiger partial charge on any atom is -0.383 e. The van der Waals surface area contributed by atoms with E-state index < -0.39 is 0 Å². The van der Waals surface area contributed by atoms with Crippen molar-refractivity contribution < 1.29 is 9.53 Å². The highest BCUT2D eigenvalue weighted by Crippen LogP contribution is 2.26. The van der Waals surface area contributed by atoms with Gasteiger partial charge < -0.3 is 20.3 Å². The Morgan fingerprint density at radius 3 is 2.75 bits per heavy atom. The number of anilines is 2. The molecule has 2 N–H and O–H groups in total. The number of hydrogen-bond acceptors (Lipinski definition) is 7. The highest BCUT2D eigenvalue weighted by molar-refractivity contribution is 5.78. The van der Waals surface area contributed by atoms with Crippen LogP contribution in [0.25, 0.3) is 0 Å². The Morgan fingerprint density at radius 2 is 2.04 bits per heavy atom. The predicted molar refractivity (Wildman–Crippen MR) is 111 cm³/mol. The molecule has 0 aromatic carbocycles. The van der Waals surface area contributed by atoms with Crippen molar-refractivity contribution in [3.63, 3.8) is 0 Å². The standard InChI is InChI=1S/C20H34N6O2/c1-15-13-18(21-2)24-20(23-15)25-10-6-17(7-11-25)26-9-4-5-16(14-26)19(27)22-8-12-28-3/h13,16-17H,4-12,14H2,1-3H3,(H,22,27)(H,21,23,24). The second-order valence-electron chi connectivity index (χ2n) is 7.78. The molecule has 0 aliphatic carbocycles. The number of piperidine rings is 2. The fourth-order valence-electron chi connectivity index (χ4n) is 4.23. The number of hydrogen-bond donors (Lipinski definition) is 2. The van der Waals surface area contributed by atoms with Crippen molar-refractivity contribution in [2.24, 2.45) is 5.92 Å². The maximum absolute atomic E-state index is 12.4. The minimum absolute atomic E-state index is 0.0990. The second-order valence-corrected chi connectivity index (χ2v) is 7.78. The molecule has 2 fully saturated rings. The summed E-state index contributed by atoms with van der Waals surface area (Å²) in [6.07, 6.45) is 4.25. The molecule has 3 rings (SSSR count). The van der Waals surface area contributed by atoms with Gasteiger partial charge in [0, 0.05) is 58.1 Å². The summed E-state index contributed by atoms with van der Waals surface area (Å²) in [7, 11) is 3.54. The van der Waals surface area contributed by atoms with Gasteiger partial charge in [-0.05, 0) is 39.2 Å². The van der Waals surface area contributed by atoms with Gasteiger partial charge in [0.2, 0.25) is 11.9 Å². The third kappa shape index (κ3) is 5.32. The summed E-state index contributed by atoms with van der Waals surface area (Å²) in [5, 5.41) is 6.11. The van der Waals surface area contributed by atoms with E-state index in [1.165, 1.54) is 0 Å². The van der Waals surface area contributed by atoms with Crippen LogP contribution >= 0.6 is 0 Å². The molecular formula is C20H34N6O2. The lowest BCUT2D eigenvalue weighted by Crippen LogP contribution is -2.51. The van der Waals surface area contributed by atoms with Crippen LogP contribution in [0.3, 0.4) is 0 Å². The summed E-state index contributed by atoms with van der Waals surface area (Å²) < 4.78 is 5.02. The van der Waals surface area contributed by atoms with Gasteiger partial charge in [-0.25, -0.2) is 4.98 Å². The number of amides is 1. The van der Waals surface area contributed by atoms with E-state index in [9.17, 15) is 4.79 Å². The summed E-state index contributed by atoms with van der Waals surface area (Å²) in [6, 6.07) is 2.50. The fraction of sp³-hybridized carbons (Fsp3) is 0.750. The number of carbonyl (C=O) groups is 1. The molecule has 2 aliphatic heterocycles. The largest absolute Gasteiger partial charge is 0.383 e. The van der Waals surface area contributed by atoms with E-state index in [1.54, 1.807) is 7.11 Å². The number of aromatic nitrogens is 2. The molecule has 1 aromatic heterocycles. The maximum atomic E-state index is 12.4. The predicted octanol–water partition coefficient (Wildman–Crippen LogP) is 1.27. The van der Waals surface area contributed by atoms with E-state index in [1.807, 2.05) is 20.0 Å². The molecule has 0 spiro atoms. The zero-order valence-corrected chi connectivity index (χ0v) is 17.4. The van der Waals surface area contributed by atoms with E-state index in [0.29, 0.717) is 19.2 Å². The molecule has 0 saturated carbocycles. The summed E-state index contributed by atoms with van der Waals surface area (Å²) in [5.41, 5.74) is 0.981.